The molecule has 3 aromatic carbocycles. The molecule has 10 nitrogen and oxygen atoms in total. The van der Waals surface area contributed by atoms with Gasteiger partial charge in [-0.25, -0.2) is 9.83 Å². The predicted molar refractivity (Wildman–Crippen MR) is 160 cm³/mol. The predicted octanol–water partition coefficient (Wildman–Crippen LogP) is 6.55. The Morgan fingerprint density at radius 3 is 2.31 bits per heavy atom. The number of hydrogen-bond acceptors (Lipinski definition) is 9. The van der Waals surface area contributed by atoms with Crippen LogP contribution in [0.3, 0.4) is 0 Å². The highest BCUT2D eigenvalue weighted by Crippen LogP contribution is 2.41. The van der Waals surface area contributed by atoms with E-state index in [1.54, 1.807) is 26.2 Å². The first-order valence-electron chi connectivity index (χ1n) is 13.3. The summed E-state index contributed by atoms with van der Waals surface area (Å²) >= 11 is 0. The number of phenols is 1. The number of ether oxygens (including phenoxy) is 1. The molecule has 0 saturated carbocycles. The Bertz CT molecular complexity index is 1740. The number of carbonyl (C=O) groups excluding carboxylic acids is 2. The molecule has 0 radical (unpaired) electrons. The van der Waals surface area contributed by atoms with E-state index in [1.165, 1.54) is 24.3 Å². The van der Waals surface area contributed by atoms with Gasteiger partial charge in [0.15, 0.2) is 17.4 Å². The Labute approximate surface area is 242 Å². The first-order chi connectivity index (χ1) is 20.4. The van der Waals surface area contributed by atoms with E-state index in [2.05, 4.69) is 30.7 Å². The van der Waals surface area contributed by atoms with Crippen LogP contribution >= 0.6 is 0 Å². The highest BCUT2D eigenvalue weighted by Gasteiger charge is 2.33. The van der Waals surface area contributed by atoms with Gasteiger partial charge in [-0.2, -0.15) is 0 Å². The number of benzene rings is 3. The summed E-state index contributed by atoms with van der Waals surface area (Å²) in [5.41, 5.74) is 2.86. The topological polar surface area (TPSA) is 130 Å². The summed E-state index contributed by atoms with van der Waals surface area (Å²) in [6, 6.07) is 19.1. The molecule has 0 atom stereocenters. The van der Waals surface area contributed by atoms with Crippen molar-refractivity contribution < 1.29 is 19.4 Å². The van der Waals surface area contributed by atoms with Crippen LogP contribution in [0, 0.1) is 13.5 Å². The molecule has 42 heavy (non-hydrogen) atoms. The third-order valence-corrected chi connectivity index (χ3v) is 6.93. The van der Waals surface area contributed by atoms with Crippen molar-refractivity contribution in [1.82, 2.24) is 4.98 Å². The normalized spacial score (nSPS) is 12.1. The number of aromatic hydroxyl groups is 1. The van der Waals surface area contributed by atoms with Crippen LogP contribution in [0.5, 0.6) is 5.75 Å². The quantitative estimate of drug-likeness (QED) is 0.100. The number of pyridine rings is 1. The van der Waals surface area contributed by atoms with E-state index in [0.29, 0.717) is 48.3 Å². The Morgan fingerprint density at radius 2 is 1.57 bits per heavy atom. The molecule has 1 aliphatic carbocycles. The number of nitrogens with zero attached hydrogens (tertiary/aromatic N) is 4. The van der Waals surface area contributed by atoms with Crippen LogP contribution in [-0.4, -0.2) is 48.5 Å². The number of hydrogen-bond donors (Lipinski definition) is 3. The number of rotatable bonds is 10. The minimum absolute atomic E-state index is 0.0224. The maximum absolute atomic E-state index is 13.4. The number of nitrogens with one attached hydrogen (secondary N) is 2. The van der Waals surface area contributed by atoms with Gasteiger partial charge in [-0.15, -0.1) is 10.2 Å². The fraction of sp³-hybridized carbons (Fsp3) is 0.188. The average Bonchev–Trinajstić information content (AvgIpc) is 3.00. The highest BCUT2D eigenvalue weighted by molar-refractivity contribution is 6.30. The molecular weight excluding hydrogens is 532 g/mol. The van der Waals surface area contributed by atoms with E-state index in [0.717, 1.165) is 12.0 Å². The molecule has 1 aromatic heterocycles. The number of carbonyl (C=O) groups is 2. The number of methoxy groups -OCH3 is 1. The van der Waals surface area contributed by atoms with Gasteiger partial charge in [0.05, 0.1) is 30.0 Å². The second-order valence-electron chi connectivity index (χ2n) is 9.58. The zero-order valence-corrected chi connectivity index (χ0v) is 23.1. The van der Waals surface area contributed by atoms with E-state index in [-0.39, 0.29) is 33.7 Å². The average molecular weight is 561 g/mol. The molecule has 0 amide bonds. The van der Waals surface area contributed by atoms with Gasteiger partial charge in [0, 0.05) is 31.3 Å². The van der Waals surface area contributed by atoms with Crippen LogP contribution in [0.2, 0.25) is 0 Å². The zero-order valence-electron chi connectivity index (χ0n) is 23.1. The lowest BCUT2D eigenvalue weighted by atomic mass is 9.83. The van der Waals surface area contributed by atoms with Crippen LogP contribution in [0.4, 0.5) is 28.7 Å². The van der Waals surface area contributed by atoms with Crippen molar-refractivity contribution in [2.45, 2.75) is 13.3 Å². The van der Waals surface area contributed by atoms with Gasteiger partial charge in [-0.05, 0) is 36.6 Å². The van der Waals surface area contributed by atoms with Crippen molar-refractivity contribution in [1.29, 1.82) is 0 Å². The first kappa shape index (κ1) is 28.1. The molecule has 4 aromatic rings. The van der Waals surface area contributed by atoms with E-state index >= 15 is 0 Å². The second-order valence-corrected chi connectivity index (χ2v) is 9.58. The molecule has 0 spiro atoms. The lowest BCUT2D eigenvalue weighted by Gasteiger charge is -2.19. The smallest absolute Gasteiger partial charge is 0.233 e. The molecular formula is C32H28N6O4. The SMILES string of the molecule is [C-]#[N+]c1c(NCCc2ccccc2)nc(NCCOC)c(N=Nc2cccc3c2C(=O)c2cccc(O)c2C3=O)c1C. The first-order valence-corrected chi connectivity index (χ1v) is 13.3. The van der Waals surface area contributed by atoms with Crippen molar-refractivity contribution >= 4 is 40.3 Å². The number of fused-ring (bicyclic) bond motifs is 2. The molecule has 10 heteroatoms. The van der Waals surface area contributed by atoms with E-state index in [1.807, 2.05) is 30.3 Å². The van der Waals surface area contributed by atoms with Gasteiger partial charge < -0.3 is 20.5 Å². The number of phenolic OH excluding ortho intramolecular Hbond substituents is 1. The molecule has 0 bridgehead atoms. The maximum atomic E-state index is 13.4. The summed E-state index contributed by atoms with van der Waals surface area (Å²) in [4.78, 5) is 35.0. The number of azo groups is 1. The summed E-state index contributed by atoms with van der Waals surface area (Å²) in [7, 11) is 1.59. The van der Waals surface area contributed by atoms with Crippen LogP contribution in [-0.2, 0) is 11.2 Å². The van der Waals surface area contributed by atoms with Gasteiger partial charge >= 0.3 is 0 Å². The molecule has 1 aliphatic rings. The number of ketones is 2. The molecule has 0 saturated heterocycles. The highest BCUT2D eigenvalue weighted by atomic mass is 16.5. The molecule has 1 heterocycles. The Balaban J connectivity index is 1.51. The van der Waals surface area contributed by atoms with E-state index < -0.39 is 11.6 Å². The third-order valence-electron chi connectivity index (χ3n) is 6.93. The minimum atomic E-state index is -0.462. The van der Waals surface area contributed by atoms with Gasteiger partial charge in [-0.1, -0.05) is 54.6 Å². The molecule has 0 aliphatic heterocycles. The summed E-state index contributed by atoms with van der Waals surface area (Å²) in [6.07, 6.45) is 0.750. The van der Waals surface area contributed by atoms with Gasteiger partial charge in [0.25, 0.3) is 0 Å². The van der Waals surface area contributed by atoms with Gasteiger partial charge in [0.1, 0.15) is 17.3 Å². The lowest BCUT2D eigenvalue weighted by molar-refractivity contribution is 0.0977. The molecule has 0 fully saturated rings. The fourth-order valence-electron chi connectivity index (χ4n) is 4.82. The number of anilines is 2. The van der Waals surface area contributed by atoms with Gasteiger partial charge in [0.2, 0.25) is 5.69 Å². The molecule has 3 N–H and O–H groups in total. The fourth-order valence-corrected chi connectivity index (χ4v) is 4.82. The van der Waals surface area contributed by atoms with Gasteiger partial charge in [-0.3, -0.25) is 9.59 Å². The van der Waals surface area contributed by atoms with Crippen LogP contribution in [0.25, 0.3) is 4.85 Å². The molecule has 0 unspecified atom stereocenters. The van der Waals surface area contributed by atoms with Crippen LogP contribution in [0.15, 0.2) is 77.0 Å². The summed E-state index contributed by atoms with van der Waals surface area (Å²) in [6.45, 7) is 11.0. The number of aromatic nitrogens is 1. The van der Waals surface area contributed by atoms with Crippen molar-refractivity contribution in [3.05, 3.63) is 112 Å². The Kier molecular flexibility index (Phi) is 8.32. The van der Waals surface area contributed by atoms with Crippen molar-refractivity contribution in [2.24, 2.45) is 10.2 Å². The Morgan fingerprint density at radius 1 is 0.881 bits per heavy atom. The standard InChI is InChI=1S/C32H28N6O4/c1-19-27(33-2)31(34-16-15-20-9-5-4-6-10-20)36-32(35-17-18-42-3)28(19)38-37-23-13-7-11-21-25(23)29(40)22-12-8-14-24(39)26(22)30(21)41/h4-14,39H,15-18H2,1,3H3,(H2,34,35,36). The van der Waals surface area contributed by atoms with Crippen LogP contribution in [0.1, 0.15) is 43.0 Å². The largest absolute Gasteiger partial charge is 0.507 e. The summed E-state index contributed by atoms with van der Waals surface area (Å²) in [5.74, 6) is -0.327. The minimum Gasteiger partial charge on any atom is -0.507 e. The van der Waals surface area contributed by atoms with Crippen molar-refractivity contribution in [3.8, 4) is 5.75 Å². The third kappa shape index (κ3) is 5.46. The maximum Gasteiger partial charge on any atom is 0.233 e. The van der Waals surface area contributed by atoms with E-state index in [4.69, 9.17) is 11.3 Å². The van der Waals surface area contributed by atoms with Crippen LogP contribution < -0.4 is 10.6 Å². The van der Waals surface area contributed by atoms with E-state index in [9.17, 15) is 14.7 Å². The molecule has 5 rings (SSSR count). The summed E-state index contributed by atoms with van der Waals surface area (Å²) < 4.78 is 5.18. The zero-order chi connectivity index (χ0) is 29.6. The molecule has 210 valence electrons. The monoisotopic (exact) mass is 560 g/mol. The Hall–Kier alpha value is -5.40. The van der Waals surface area contributed by atoms with Crippen molar-refractivity contribution in [2.75, 3.05) is 37.4 Å². The van der Waals surface area contributed by atoms with Crippen molar-refractivity contribution in [3.63, 3.8) is 0 Å². The second kappa shape index (κ2) is 12.4. The summed E-state index contributed by atoms with van der Waals surface area (Å²) in [5, 5.41) is 25.6. The lowest BCUT2D eigenvalue weighted by Crippen LogP contribution is -2.21.